The minimum Gasteiger partial charge on any atom is -0.0651 e. The summed E-state index contributed by atoms with van der Waals surface area (Å²) < 4.78 is 0. The summed E-state index contributed by atoms with van der Waals surface area (Å²) in [5, 5.41) is 0. The normalized spacial score (nSPS) is 52.9. The third kappa shape index (κ3) is 2.14. The summed E-state index contributed by atoms with van der Waals surface area (Å²) in [4.78, 5) is 0. The zero-order chi connectivity index (χ0) is 15.5. The first-order chi connectivity index (χ1) is 9.75. The van der Waals surface area contributed by atoms with E-state index in [0.29, 0.717) is 16.2 Å². The van der Waals surface area contributed by atoms with Crippen LogP contribution in [-0.2, 0) is 0 Å². The van der Waals surface area contributed by atoms with Crippen LogP contribution in [0.3, 0.4) is 0 Å². The first-order valence-corrected chi connectivity index (χ1v) is 9.75. The van der Waals surface area contributed by atoms with E-state index in [1.807, 2.05) is 0 Å². The minimum atomic E-state index is 0.582. The van der Waals surface area contributed by atoms with E-state index < -0.39 is 0 Å². The SMILES string of the molecule is CC[C@H]1[C@@H](C)CCC2[C@]3(C)CCCC(C)(C)C3CC[C@@]21C. The van der Waals surface area contributed by atoms with E-state index in [-0.39, 0.29) is 0 Å². The molecule has 3 saturated carbocycles. The first kappa shape index (κ1) is 15.9. The zero-order valence-corrected chi connectivity index (χ0v) is 15.5. The second-order valence-electron chi connectivity index (χ2n) is 10.1. The van der Waals surface area contributed by atoms with Gasteiger partial charge in [-0.1, -0.05) is 60.8 Å². The molecule has 0 heterocycles. The van der Waals surface area contributed by atoms with Gasteiger partial charge >= 0.3 is 0 Å². The molecule has 0 bridgehead atoms. The average molecular weight is 291 g/mol. The molecule has 3 rings (SSSR count). The molecule has 2 unspecified atom stereocenters. The number of rotatable bonds is 1. The highest BCUT2D eigenvalue weighted by Gasteiger charge is 2.61. The van der Waals surface area contributed by atoms with Crippen LogP contribution in [0.5, 0.6) is 0 Å². The molecule has 0 saturated heterocycles. The number of fused-ring (bicyclic) bond motifs is 3. The Morgan fingerprint density at radius 3 is 2.19 bits per heavy atom. The molecule has 0 N–H and O–H groups in total. The molecule has 0 radical (unpaired) electrons. The van der Waals surface area contributed by atoms with E-state index in [1.165, 1.54) is 51.4 Å². The van der Waals surface area contributed by atoms with Gasteiger partial charge in [-0.15, -0.1) is 0 Å². The van der Waals surface area contributed by atoms with Gasteiger partial charge < -0.3 is 0 Å². The Morgan fingerprint density at radius 2 is 1.52 bits per heavy atom. The lowest BCUT2D eigenvalue weighted by Gasteiger charge is -2.66. The summed E-state index contributed by atoms with van der Waals surface area (Å²) in [6.45, 7) is 15.5. The zero-order valence-electron chi connectivity index (χ0n) is 15.5. The van der Waals surface area contributed by atoms with Crippen LogP contribution < -0.4 is 0 Å². The van der Waals surface area contributed by atoms with Crippen molar-refractivity contribution in [3.8, 4) is 0 Å². The molecule has 0 spiro atoms. The van der Waals surface area contributed by atoms with Gasteiger partial charge in [-0.05, 0) is 72.0 Å². The van der Waals surface area contributed by atoms with Gasteiger partial charge in [-0.3, -0.25) is 0 Å². The first-order valence-electron chi connectivity index (χ1n) is 9.75. The highest BCUT2D eigenvalue weighted by atomic mass is 14.7. The predicted molar refractivity (Wildman–Crippen MR) is 92.2 cm³/mol. The van der Waals surface area contributed by atoms with Crippen LogP contribution in [-0.4, -0.2) is 0 Å². The molecule has 3 aliphatic carbocycles. The third-order valence-corrected chi connectivity index (χ3v) is 8.72. The summed E-state index contributed by atoms with van der Waals surface area (Å²) in [6.07, 6.45) is 11.8. The average Bonchev–Trinajstić information content (AvgIpc) is 2.36. The second kappa shape index (κ2) is 5.00. The highest BCUT2D eigenvalue weighted by Crippen LogP contribution is 2.69. The van der Waals surface area contributed by atoms with Crippen molar-refractivity contribution < 1.29 is 0 Å². The van der Waals surface area contributed by atoms with Gasteiger partial charge in [0.1, 0.15) is 0 Å². The summed E-state index contributed by atoms with van der Waals surface area (Å²) in [5.41, 5.74) is 1.84. The number of hydrogen-bond acceptors (Lipinski definition) is 0. The Hall–Kier alpha value is 0. The fourth-order valence-corrected chi connectivity index (χ4v) is 7.94. The Balaban J connectivity index is 1.98. The fraction of sp³-hybridized carbons (Fsp3) is 1.00. The van der Waals surface area contributed by atoms with Gasteiger partial charge in [0.15, 0.2) is 0 Å². The van der Waals surface area contributed by atoms with Crippen LogP contribution in [0.25, 0.3) is 0 Å². The molecule has 6 atom stereocenters. The van der Waals surface area contributed by atoms with Gasteiger partial charge in [0, 0.05) is 0 Å². The monoisotopic (exact) mass is 290 g/mol. The molecule has 3 fully saturated rings. The van der Waals surface area contributed by atoms with Crippen LogP contribution in [0, 0.1) is 39.9 Å². The smallest absolute Gasteiger partial charge is 0.0259 e. The Morgan fingerprint density at radius 1 is 0.810 bits per heavy atom. The van der Waals surface area contributed by atoms with Crippen LogP contribution in [0.15, 0.2) is 0 Å². The fourth-order valence-electron chi connectivity index (χ4n) is 7.94. The van der Waals surface area contributed by atoms with Crippen LogP contribution in [0.4, 0.5) is 0 Å². The van der Waals surface area contributed by atoms with Gasteiger partial charge in [0.25, 0.3) is 0 Å². The molecule has 0 nitrogen and oxygen atoms in total. The Kier molecular flexibility index (Phi) is 3.78. The lowest BCUT2D eigenvalue weighted by atomic mass is 9.38. The number of hydrogen-bond donors (Lipinski definition) is 0. The predicted octanol–water partition coefficient (Wildman–Crippen LogP) is 6.69. The summed E-state index contributed by atoms with van der Waals surface area (Å²) in [6, 6.07) is 0. The molecule has 0 aromatic rings. The summed E-state index contributed by atoms with van der Waals surface area (Å²) in [5.74, 6) is 3.89. The van der Waals surface area contributed by atoms with E-state index in [0.717, 1.165) is 23.7 Å². The molecular weight excluding hydrogens is 252 g/mol. The minimum absolute atomic E-state index is 0.582. The molecule has 0 aromatic heterocycles. The van der Waals surface area contributed by atoms with E-state index in [2.05, 4.69) is 41.5 Å². The maximum absolute atomic E-state index is 2.70. The van der Waals surface area contributed by atoms with E-state index in [4.69, 9.17) is 0 Å². The van der Waals surface area contributed by atoms with Crippen molar-refractivity contribution in [3.63, 3.8) is 0 Å². The quantitative estimate of drug-likeness (QED) is 0.504. The van der Waals surface area contributed by atoms with Gasteiger partial charge in [0.2, 0.25) is 0 Å². The van der Waals surface area contributed by atoms with E-state index in [9.17, 15) is 0 Å². The van der Waals surface area contributed by atoms with Crippen molar-refractivity contribution >= 4 is 0 Å². The maximum atomic E-state index is 2.70. The lowest BCUT2D eigenvalue weighted by Crippen LogP contribution is -2.58. The molecule has 0 heteroatoms. The van der Waals surface area contributed by atoms with Crippen LogP contribution >= 0.6 is 0 Å². The van der Waals surface area contributed by atoms with Gasteiger partial charge in [-0.2, -0.15) is 0 Å². The van der Waals surface area contributed by atoms with Crippen molar-refractivity contribution in [1.82, 2.24) is 0 Å². The molecule has 0 aromatic carbocycles. The second-order valence-corrected chi connectivity index (χ2v) is 10.1. The van der Waals surface area contributed by atoms with Gasteiger partial charge in [-0.25, -0.2) is 0 Å². The topological polar surface area (TPSA) is 0 Å². The Bertz CT molecular complexity index is 395. The molecule has 0 aliphatic heterocycles. The third-order valence-electron chi connectivity index (χ3n) is 8.72. The molecule has 0 amide bonds. The summed E-state index contributed by atoms with van der Waals surface area (Å²) >= 11 is 0. The molecular formula is C21H38. The van der Waals surface area contributed by atoms with Crippen molar-refractivity contribution in [1.29, 1.82) is 0 Å². The molecule has 3 aliphatic rings. The van der Waals surface area contributed by atoms with Gasteiger partial charge in [0.05, 0.1) is 0 Å². The largest absolute Gasteiger partial charge is 0.0651 e. The van der Waals surface area contributed by atoms with E-state index in [1.54, 1.807) is 0 Å². The van der Waals surface area contributed by atoms with E-state index >= 15 is 0 Å². The Labute approximate surface area is 133 Å². The van der Waals surface area contributed by atoms with Crippen molar-refractivity contribution in [2.24, 2.45) is 39.9 Å². The molecule has 21 heavy (non-hydrogen) atoms. The van der Waals surface area contributed by atoms with Crippen molar-refractivity contribution in [3.05, 3.63) is 0 Å². The van der Waals surface area contributed by atoms with Crippen LogP contribution in [0.2, 0.25) is 0 Å². The standard InChI is InChI=1S/C21H38/c1-7-16-15(2)9-10-18-20(16,5)14-11-17-19(3,4)12-8-13-21(17,18)6/h15-18H,7-14H2,1-6H3/t15-,16-,17?,18?,20+,21+/m0/s1. The molecule has 122 valence electrons. The maximum Gasteiger partial charge on any atom is -0.0259 e. The van der Waals surface area contributed by atoms with Crippen molar-refractivity contribution in [2.75, 3.05) is 0 Å². The highest BCUT2D eigenvalue weighted by molar-refractivity contribution is 5.10. The van der Waals surface area contributed by atoms with Crippen LogP contribution in [0.1, 0.15) is 92.9 Å². The lowest BCUT2D eigenvalue weighted by molar-refractivity contribution is -0.173. The summed E-state index contributed by atoms with van der Waals surface area (Å²) in [7, 11) is 0. The van der Waals surface area contributed by atoms with Crippen molar-refractivity contribution in [2.45, 2.75) is 92.9 Å².